The van der Waals surface area contributed by atoms with Crippen LogP contribution in [0.15, 0.2) is 66.7 Å². The summed E-state index contributed by atoms with van der Waals surface area (Å²) in [7, 11) is 0. The zero-order valence-corrected chi connectivity index (χ0v) is 21.2. The van der Waals surface area contributed by atoms with Gasteiger partial charge in [0.1, 0.15) is 11.4 Å². The van der Waals surface area contributed by atoms with Crippen LogP contribution in [0.4, 0.5) is 29.3 Å². The molecule has 0 bridgehead atoms. The summed E-state index contributed by atoms with van der Waals surface area (Å²) in [6.45, 7) is 5.03. The van der Waals surface area contributed by atoms with Gasteiger partial charge in [-0.05, 0) is 68.3 Å². The lowest BCUT2D eigenvalue weighted by Gasteiger charge is -2.21. The number of hydrogen-bond donors (Lipinski definition) is 2. The number of amides is 2. The quantitative estimate of drug-likeness (QED) is 0.255. The predicted octanol–water partition coefficient (Wildman–Crippen LogP) is 6.68. The molecular weight excluding hydrogens is 515 g/mol. The Hall–Kier alpha value is -4.85. The molecule has 0 fully saturated rings. The molecule has 0 heterocycles. The molecule has 0 aliphatic rings. The van der Waals surface area contributed by atoms with Crippen LogP contribution in [0, 0.1) is 11.3 Å². The van der Waals surface area contributed by atoms with Crippen molar-refractivity contribution in [3.05, 3.63) is 77.9 Å². The van der Waals surface area contributed by atoms with E-state index in [0.29, 0.717) is 11.1 Å². The molecule has 3 rings (SSSR count). The third-order valence-electron chi connectivity index (χ3n) is 4.99. The number of rotatable bonds is 7. The average molecular weight is 540 g/mol. The second kappa shape index (κ2) is 11.7. The van der Waals surface area contributed by atoms with Crippen LogP contribution < -0.4 is 15.4 Å². The van der Waals surface area contributed by atoms with Crippen LogP contribution in [0.2, 0.25) is 0 Å². The van der Waals surface area contributed by atoms with Gasteiger partial charge in [0, 0.05) is 5.56 Å². The lowest BCUT2D eigenvalue weighted by atomic mass is 10.0. The molecule has 3 aromatic carbocycles. The largest absolute Gasteiger partial charge is 0.573 e. The summed E-state index contributed by atoms with van der Waals surface area (Å²) in [5, 5.41) is 14.2. The number of ether oxygens (including phenoxy) is 2. The van der Waals surface area contributed by atoms with E-state index in [-0.39, 0.29) is 22.5 Å². The number of carbonyl (C=O) groups excluding carboxylic acids is 3. The summed E-state index contributed by atoms with van der Waals surface area (Å²) in [5.74, 6) is -1.62. The van der Waals surface area contributed by atoms with Gasteiger partial charge in [-0.3, -0.25) is 14.9 Å². The van der Waals surface area contributed by atoms with Crippen LogP contribution in [-0.4, -0.2) is 29.7 Å². The van der Waals surface area contributed by atoms with E-state index >= 15 is 0 Å². The first-order valence-corrected chi connectivity index (χ1v) is 11.6. The fraction of sp³-hybridized carbons (Fsp3) is 0.214. The number of nitrogens with zero attached hydrogens (tertiary/aromatic N) is 1. The van der Waals surface area contributed by atoms with Crippen LogP contribution in [0.1, 0.15) is 43.1 Å². The van der Waals surface area contributed by atoms with E-state index < -0.39 is 41.9 Å². The highest BCUT2D eigenvalue weighted by atomic mass is 19.4. The highest BCUT2D eigenvalue weighted by Gasteiger charge is 2.31. The molecule has 0 saturated heterocycles. The summed E-state index contributed by atoms with van der Waals surface area (Å²) < 4.78 is 46.6. The first kappa shape index (κ1) is 28.7. The predicted molar refractivity (Wildman–Crippen MR) is 137 cm³/mol. The maximum atomic E-state index is 12.8. The number of ketones is 1. The van der Waals surface area contributed by atoms with E-state index in [9.17, 15) is 27.6 Å². The van der Waals surface area contributed by atoms with Crippen molar-refractivity contribution in [2.45, 2.75) is 39.2 Å². The Balaban J connectivity index is 1.86. The van der Waals surface area contributed by atoms with Gasteiger partial charge in [0.25, 0.3) is 0 Å². The maximum Gasteiger partial charge on any atom is 0.573 e. The van der Waals surface area contributed by atoms with E-state index in [1.807, 2.05) is 6.07 Å². The van der Waals surface area contributed by atoms with Crippen molar-refractivity contribution >= 4 is 29.2 Å². The Morgan fingerprint density at radius 2 is 1.54 bits per heavy atom. The molecule has 0 aromatic heterocycles. The van der Waals surface area contributed by atoms with Crippen molar-refractivity contribution in [3.8, 4) is 22.9 Å². The SMILES string of the molecule is CC(C)(C)OC(=O)Nc1ccc(-c2ccc(OC(F)(F)F)cc2)cc1NC(=O)CC(=O)c1cccc(C#N)c1. The number of hydrogen-bond acceptors (Lipinski definition) is 6. The lowest BCUT2D eigenvalue weighted by molar-refractivity contribution is -0.274. The van der Waals surface area contributed by atoms with E-state index in [2.05, 4.69) is 15.4 Å². The highest BCUT2D eigenvalue weighted by molar-refractivity contribution is 6.12. The van der Waals surface area contributed by atoms with Crippen LogP contribution in [0.25, 0.3) is 11.1 Å². The number of benzene rings is 3. The number of Topliss-reactive ketones (excluding diaryl/α,β-unsaturated/α-hetero) is 1. The maximum absolute atomic E-state index is 12.8. The van der Waals surface area contributed by atoms with Gasteiger partial charge in [-0.1, -0.05) is 30.3 Å². The highest BCUT2D eigenvalue weighted by Crippen LogP contribution is 2.32. The Bertz CT molecular complexity index is 1420. The Kier molecular flexibility index (Phi) is 8.60. The summed E-state index contributed by atoms with van der Waals surface area (Å²) in [4.78, 5) is 37.7. The zero-order valence-electron chi connectivity index (χ0n) is 21.2. The van der Waals surface area contributed by atoms with Crippen molar-refractivity contribution in [1.82, 2.24) is 0 Å². The summed E-state index contributed by atoms with van der Waals surface area (Å²) in [5.41, 5.74) is 0.934. The van der Waals surface area contributed by atoms with Crippen LogP contribution in [0.5, 0.6) is 5.75 Å². The normalized spacial score (nSPS) is 11.2. The van der Waals surface area contributed by atoms with Crippen molar-refractivity contribution < 1.29 is 37.0 Å². The van der Waals surface area contributed by atoms with Crippen LogP contribution >= 0.6 is 0 Å². The smallest absolute Gasteiger partial charge is 0.444 e. The molecule has 0 unspecified atom stereocenters. The van der Waals surface area contributed by atoms with E-state index in [1.165, 1.54) is 48.5 Å². The van der Waals surface area contributed by atoms with Gasteiger partial charge >= 0.3 is 12.5 Å². The standard InChI is InChI=1S/C28H24F3N3O5/c1-27(2,3)39-26(37)34-22-12-9-19(18-7-10-21(11-8-18)38-28(29,30)31)14-23(22)33-25(36)15-24(35)20-6-4-5-17(13-20)16-32/h4-14H,15H2,1-3H3,(H,33,36)(H,34,37). The first-order chi connectivity index (χ1) is 18.2. The second-order valence-electron chi connectivity index (χ2n) is 9.30. The third-order valence-corrected chi connectivity index (χ3v) is 4.99. The molecule has 202 valence electrons. The van der Waals surface area contributed by atoms with Gasteiger partial charge < -0.3 is 14.8 Å². The minimum atomic E-state index is -4.83. The van der Waals surface area contributed by atoms with Gasteiger partial charge in [-0.15, -0.1) is 13.2 Å². The summed E-state index contributed by atoms with van der Waals surface area (Å²) >= 11 is 0. The Morgan fingerprint density at radius 1 is 0.872 bits per heavy atom. The topological polar surface area (TPSA) is 118 Å². The molecule has 3 aromatic rings. The van der Waals surface area contributed by atoms with Gasteiger partial charge in [0.2, 0.25) is 5.91 Å². The number of halogens is 3. The molecule has 2 amide bonds. The number of nitriles is 1. The average Bonchev–Trinajstić information content (AvgIpc) is 2.83. The van der Waals surface area contributed by atoms with Gasteiger partial charge in [-0.2, -0.15) is 5.26 Å². The molecular formula is C28H24F3N3O5. The van der Waals surface area contributed by atoms with Crippen LogP contribution in [0.3, 0.4) is 0 Å². The van der Waals surface area contributed by atoms with Crippen molar-refractivity contribution in [3.63, 3.8) is 0 Å². The Labute approximate surface area is 222 Å². The first-order valence-electron chi connectivity index (χ1n) is 11.6. The molecule has 0 aliphatic carbocycles. The van der Waals surface area contributed by atoms with Crippen molar-refractivity contribution in [1.29, 1.82) is 5.26 Å². The van der Waals surface area contributed by atoms with Crippen molar-refractivity contribution in [2.75, 3.05) is 10.6 Å². The molecule has 8 nitrogen and oxygen atoms in total. The van der Waals surface area contributed by atoms with E-state index in [1.54, 1.807) is 26.8 Å². The monoisotopic (exact) mass is 539 g/mol. The molecule has 39 heavy (non-hydrogen) atoms. The molecule has 0 radical (unpaired) electrons. The number of carbonyl (C=O) groups is 3. The second-order valence-corrected chi connectivity index (χ2v) is 9.30. The fourth-order valence-corrected chi connectivity index (χ4v) is 3.40. The van der Waals surface area contributed by atoms with E-state index in [4.69, 9.17) is 10.00 Å². The molecule has 0 aliphatic heterocycles. The molecule has 11 heteroatoms. The van der Waals surface area contributed by atoms with Crippen LogP contribution in [-0.2, 0) is 9.53 Å². The number of anilines is 2. The Morgan fingerprint density at radius 3 is 2.15 bits per heavy atom. The summed E-state index contributed by atoms with van der Waals surface area (Å²) in [6.07, 6.45) is -6.17. The third kappa shape index (κ3) is 8.89. The van der Waals surface area contributed by atoms with E-state index in [0.717, 1.165) is 12.1 Å². The van der Waals surface area contributed by atoms with Crippen molar-refractivity contribution in [2.24, 2.45) is 0 Å². The minimum absolute atomic E-state index is 0.123. The summed E-state index contributed by atoms with van der Waals surface area (Å²) in [6, 6.07) is 17.5. The number of alkyl halides is 3. The van der Waals surface area contributed by atoms with Gasteiger partial charge in [0.05, 0.1) is 29.4 Å². The zero-order chi connectivity index (χ0) is 28.8. The fourth-order valence-electron chi connectivity index (χ4n) is 3.40. The minimum Gasteiger partial charge on any atom is -0.444 e. The lowest BCUT2D eigenvalue weighted by Crippen LogP contribution is -2.27. The molecule has 2 N–H and O–H groups in total. The molecule has 0 saturated carbocycles. The van der Waals surface area contributed by atoms with Gasteiger partial charge in [-0.25, -0.2) is 4.79 Å². The molecule has 0 atom stereocenters. The van der Waals surface area contributed by atoms with Gasteiger partial charge in [0.15, 0.2) is 5.78 Å². The molecule has 0 spiro atoms. The number of nitrogens with one attached hydrogen (secondary N) is 2.